The molecule has 1 heterocycles. The summed E-state index contributed by atoms with van der Waals surface area (Å²) in [5, 5.41) is 9.08. The Morgan fingerprint density at radius 1 is 1.20 bits per heavy atom. The Labute approximate surface area is 150 Å². The molecule has 2 unspecified atom stereocenters. The second-order valence-electron chi connectivity index (χ2n) is 8.46. The van der Waals surface area contributed by atoms with Crippen molar-refractivity contribution in [3.05, 3.63) is 35.4 Å². The molecule has 3 rings (SSSR count). The maximum Gasteiger partial charge on any atom is 0.238 e. The Morgan fingerprint density at radius 2 is 1.84 bits per heavy atom. The van der Waals surface area contributed by atoms with E-state index >= 15 is 0 Å². The van der Waals surface area contributed by atoms with E-state index in [1.54, 1.807) is 0 Å². The summed E-state index contributed by atoms with van der Waals surface area (Å²) in [4.78, 5) is 24.5. The van der Waals surface area contributed by atoms with Gasteiger partial charge in [-0.3, -0.25) is 14.9 Å². The highest BCUT2D eigenvalue weighted by Gasteiger charge is 2.34. The van der Waals surface area contributed by atoms with Crippen molar-refractivity contribution in [3.8, 4) is 0 Å². The fraction of sp³-hybridized carbons (Fsp3) is 0.600. The van der Waals surface area contributed by atoms with Gasteiger partial charge in [0.15, 0.2) is 0 Å². The quantitative estimate of drug-likeness (QED) is 0.787. The van der Waals surface area contributed by atoms with E-state index in [-0.39, 0.29) is 35.9 Å². The van der Waals surface area contributed by atoms with E-state index in [0.717, 1.165) is 11.5 Å². The number of rotatable bonds is 4. The maximum atomic E-state index is 12.8. The van der Waals surface area contributed by atoms with Crippen LogP contribution in [0.1, 0.15) is 70.0 Å². The van der Waals surface area contributed by atoms with Gasteiger partial charge >= 0.3 is 0 Å². The first-order valence-electron chi connectivity index (χ1n) is 9.19. The standard InChI is InChI=1S/C20H29N3O2/c1-12-21-16(11-17(24)22-12)19(25)23-18(20(2,3)4)15-9-7-14(8-10-15)13-5-6-13/h7-10,12-13,16,18,21H,5-6,11H2,1-4H3,(H,22,24)(H,23,25)/t12?,16?,18-/m0/s1. The third-order valence-corrected chi connectivity index (χ3v) is 5.01. The van der Waals surface area contributed by atoms with Crippen molar-refractivity contribution < 1.29 is 9.59 Å². The molecule has 1 aliphatic carbocycles. The number of benzene rings is 1. The van der Waals surface area contributed by atoms with Crippen LogP contribution in [0.3, 0.4) is 0 Å². The van der Waals surface area contributed by atoms with Crippen LogP contribution >= 0.6 is 0 Å². The molecule has 3 atom stereocenters. The van der Waals surface area contributed by atoms with Crippen molar-refractivity contribution >= 4 is 11.8 Å². The molecule has 1 aliphatic heterocycles. The summed E-state index contributed by atoms with van der Waals surface area (Å²) in [6, 6.07) is 8.05. The summed E-state index contributed by atoms with van der Waals surface area (Å²) in [6.45, 7) is 8.21. The Balaban J connectivity index is 1.74. The van der Waals surface area contributed by atoms with E-state index in [1.807, 2.05) is 6.92 Å². The van der Waals surface area contributed by atoms with Gasteiger partial charge in [-0.25, -0.2) is 0 Å². The van der Waals surface area contributed by atoms with E-state index in [2.05, 4.69) is 61.0 Å². The van der Waals surface area contributed by atoms with Gasteiger partial charge < -0.3 is 10.6 Å². The molecule has 5 nitrogen and oxygen atoms in total. The average Bonchev–Trinajstić information content (AvgIpc) is 3.35. The lowest BCUT2D eigenvalue weighted by atomic mass is 9.81. The van der Waals surface area contributed by atoms with Crippen molar-refractivity contribution in [1.29, 1.82) is 0 Å². The van der Waals surface area contributed by atoms with Crippen molar-refractivity contribution in [2.45, 2.75) is 71.1 Å². The second-order valence-corrected chi connectivity index (χ2v) is 8.46. The van der Waals surface area contributed by atoms with Crippen LogP contribution in [0.2, 0.25) is 0 Å². The van der Waals surface area contributed by atoms with Gasteiger partial charge in [0.2, 0.25) is 11.8 Å². The van der Waals surface area contributed by atoms with Gasteiger partial charge in [-0.1, -0.05) is 45.0 Å². The first-order chi connectivity index (χ1) is 11.7. The fourth-order valence-corrected chi connectivity index (χ4v) is 3.48. The predicted molar refractivity (Wildman–Crippen MR) is 97.9 cm³/mol. The van der Waals surface area contributed by atoms with Crippen molar-refractivity contribution in [3.63, 3.8) is 0 Å². The molecule has 1 saturated heterocycles. The van der Waals surface area contributed by atoms with E-state index < -0.39 is 6.04 Å². The van der Waals surface area contributed by atoms with Crippen LogP contribution in [0.25, 0.3) is 0 Å². The number of hydrogen-bond acceptors (Lipinski definition) is 3. The first kappa shape index (κ1) is 17.9. The highest BCUT2D eigenvalue weighted by Crippen LogP contribution is 2.41. The molecular formula is C20H29N3O2. The molecule has 0 bridgehead atoms. The van der Waals surface area contributed by atoms with Crippen LogP contribution in [0.5, 0.6) is 0 Å². The lowest BCUT2D eigenvalue weighted by Crippen LogP contribution is -2.60. The fourth-order valence-electron chi connectivity index (χ4n) is 3.48. The molecule has 2 aliphatic rings. The van der Waals surface area contributed by atoms with Gasteiger partial charge in [-0.05, 0) is 42.2 Å². The molecule has 1 saturated carbocycles. The van der Waals surface area contributed by atoms with Crippen LogP contribution in [-0.4, -0.2) is 24.0 Å². The van der Waals surface area contributed by atoms with Gasteiger partial charge in [0.25, 0.3) is 0 Å². The molecular weight excluding hydrogens is 314 g/mol. The number of carbonyl (C=O) groups excluding carboxylic acids is 2. The molecule has 2 fully saturated rings. The number of hydrogen-bond donors (Lipinski definition) is 3. The summed E-state index contributed by atoms with van der Waals surface area (Å²) in [5.74, 6) is 0.517. The molecule has 0 radical (unpaired) electrons. The van der Waals surface area contributed by atoms with Gasteiger partial charge in [0.1, 0.15) is 0 Å². The number of amides is 2. The maximum absolute atomic E-state index is 12.8. The lowest BCUT2D eigenvalue weighted by molar-refractivity contribution is -0.132. The van der Waals surface area contributed by atoms with Crippen LogP contribution in [-0.2, 0) is 9.59 Å². The Hall–Kier alpha value is -1.88. The molecule has 5 heteroatoms. The van der Waals surface area contributed by atoms with E-state index in [4.69, 9.17) is 0 Å². The summed E-state index contributed by atoms with van der Waals surface area (Å²) < 4.78 is 0. The summed E-state index contributed by atoms with van der Waals surface area (Å²) in [6.07, 6.45) is 2.55. The highest BCUT2D eigenvalue weighted by atomic mass is 16.2. The molecule has 0 aromatic heterocycles. The van der Waals surface area contributed by atoms with Gasteiger partial charge in [-0.15, -0.1) is 0 Å². The summed E-state index contributed by atoms with van der Waals surface area (Å²) >= 11 is 0. The highest BCUT2D eigenvalue weighted by molar-refractivity contribution is 5.89. The largest absolute Gasteiger partial charge is 0.347 e. The molecule has 1 aromatic rings. The zero-order valence-corrected chi connectivity index (χ0v) is 15.6. The Morgan fingerprint density at radius 3 is 2.36 bits per heavy atom. The SMILES string of the molecule is CC1NC(=O)CC(C(=O)N[C@@H](c2ccc(C3CC3)cc2)C(C)(C)C)N1. The molecule has 3 N–H and O–H groups in total. The van der Waals surface area contributed by atoms with Crippen LogP contribution < -0.4 is 16.0 Å². The number of carbonyl (C=O) groups is 2. The van der Waals surface area contributed by atoms with Crippen LogP contribution in [0.15, 0.2) is 24.3 Å². The Kier molecular flexibility index (Phi) is 4.87. The van der Waals surface area contributed by atoms with E-state index in [1.165, 1.54) is 18.4 Å². The van der Waals surface area contributed by atoms with Gasteiger partial charge in [-0.2, -0.15) is 0 Å². The van der Waals surface area contributed by atoms with Crippen LogP contribution in [0, 0.1) is 5.41 Å². The van der Waals surface area contributed by atoms with E-state index in [9.17, 15) is 9.59 Å². The van der Waals surface area contributed by atoms with Gasteiger partial charge in [0, 0.05) is 0 Å². The second kappa shape index (κ2) is 6.79. The Bertz CT molecular complexity index is 644. The zero-order valence-electron chi connectivity index (χ0n) is 15.6. The smallest absolute Gasteiger partial charge is 0.238 e. The van der Waals surface area contributed by atoms with Crippen LogP contribution in [0.4, 0.5) is 0 Å². The zero-order chi connectivity index (χ0) is 18.2. The van der Waals surface area contributed by atoms with Crippen molar-refractivity contribution in [2.24, 2.45) is 5.41 Å². The van der Waals surface area contributed by atoms with E-state index in [0.29, 0.717) is 0 Å². The minimum Gasteiger partial charge on any atom is -0.347 e. The summed E-state index contributed by atoms with van der Waals surface area (Å²) in [7, 11) is 0. The third-order valence-electron chi connectivity index (χ3n) is 5.01. The minimum atomic E-state index is -0.487. The normalized spacial score (nSPS) is 25.2. The topological polar surface area (TPSA) is 70.2 Å². The molecule has 2 amide bonds. The third kappa shape index (κ3) is 4.40. The van der Waals surface area contributed by atoms with Crippen molar-refractivity contribution in [2.75, 3.05) is 0 Å². The van der Waals surface area contributed by atoms with Gasteiger partial charge in [0.05, 0.1) is 24.7 Å². The minimum absolute atomic E-state index is 0.0903. The predicted octanol–water partition coefficient (Wildman–Crippen LogP) is 2.59. The molecule has 1 aromatic carbocycles. The molecule has 136 valence electrons. The first-order valence-corrected chi connectivity index (χ1v) is 9.19. The average molecular weight is 343 g/mol. The number of nitrogens with one attached hydrogen (secondary N) is 3. The monoisotopic (exact) mass is 343 g/mol. The lowest BCUT2D eigenvalue weighted by Gasteiger charge is -2.35. The van der Waals surface area contributed by atoms with Crippen molar-refractivity contribution in [1.82, 2.24) is 16.0 Å². The molecule has 25 heavy (non-hydrogen) atoms. The molecule has 0 spiro atoms. The summed E-state index contributed by atoms with van der Waals surface area (Å²) in [5.41, 5.74) is 2.37.